The standard InChI is InChI=1S/C18H11S/c1-2-7-13(8-3-1)14-10-6-12-17-18(14)15-9-4-5-11-16(15)19-17/h1-3,5-12H. The predicted octanol–water partition coefficient (Wildman–Crippen LogP) is 5.52. The molecule has 3 aromatic carbocycles. The molecular weight excluding hydrogens is 248 g/mol. The van der Waals surface area contributed by atoms with E-state index in [0.29, 0.717) is 0 Å². The second-order valence-corrected chi connectivity index (χ2v) is 5.65. The van der Waals surface area contributed by atoms with Crippen LogP contribution in [0.2, 0.25) is 0 Å². The van der Waals surface area contributed by atoms with Gasteiger partial charge in [0.25, 0.3) is 0 Å². The van der Waals surface area contributed by atoms with Gasteiger partial charge in [0.05, 0.1) is 0 Å². The summed E-state index contributed by atoms with van der Waals surface area (Å²) in [5, 5.41) is 2.66. The molecule has 4 rings (SSSR count). The summed E-state index contributed by atoms with van der Waals surface area (Å²) in [4.78, 5) is 0. The minimum atomic E-state index is 1.27. The third-order valence-electron chi connectivity index (χ3n) is 3.42. The van der Waals surface area contributed by atoms with Crippen LogP contribution in [0, 0.1) is 6.07 Å². The van der Waals surface area contributed by atoms with Gasteiger partial charge in [-0.3, -0.25) is 0 Å². The lowest BCUT2D eigenvalue weighted by molar-refractivity contribution is 1.67. The molecule has 0 amide bonds. The van der Waals surface area contributed by atoms with Crippen LogP contribution in [0.5, 0.6) is 0 Å². The van der Waals surface area contributed by atoms with Crippen LogP contribution in [0.4, 0.5) is 0 Å². The largest absolute Gasteiger partial charge is 0.135 e. The quantitative estimate of drug-likeness (QED) is 0.422. The molecule has 1 heterocycles. The fourth-order valence-corrected chi connectivity index (χ4v) is 3.68. The summed E-state index contributed by atoms with van der Waals surface area (Å²) in [5.74, 6) is 0. The van der Waals surface area contributed by atoms with Gasteiger partial charge in [-0.25, -0.2) is 0 Å². The normalized spacial score (nSPS) is 11.2. The van der Waals surface area contributed by atoms with Gasteiger partial charge < -0.3 is 0 Å². The third kappa shape index (κ3) is 1.66. The fourth-order valence-electron chi connectivity index (χ4n) is 2.57. The van der Waals surface area contributed by atoms with E-state index >= 15 is 0 Å². The van der Waals surface area contributed by atoms with Crippen molar-refractivity contribution in [1.82, 2.24) is 0 Å². The van der Waals surface area contributed by atoms with Gasteiger partial charge in [-0.2, -0.15) is 0 Å². The molecule has 0 nitrogen and oxygen atoms in total. The number of thiophene rings is 1. The summed E-state index contributed by atoms with van der Waals surface area (Å²) in [7, 11) is 0. The Balaban J connectivity index is 2.17. The van der Waals surface area contributed by atoms with Crippen molar-refractivity contribution < 1.29 is 0 Å². The molecule has 89 valence electrons. The Morgan fingerprint density at radius 3 is 2.58 bits per heavy atom. The van der Waals surface area contributed by atoms with Crippen LogP contribution in [-0.4, -0.2) is 0 Å². The summed E-state index contributed by atoms with van der Waals surface area (Å²) in [6, 6.07) is 26.6. The smallest absolute Gasteiger partial charge is 0.0361 e. The first kappa shape index (κ1) is 10.8. The molecule has 0 unspecified atom stereocenters. The van der Waals surface area contributed by atoms with Gasteiger partial charge in [-0.1, -0.05) is 48.5 Å². The summed E-state index contributed by atoms with van der Waals surface area (Å²) < 4.78 is 2.67. The van der Waals surface area contributed by atoms with Crippen molar-refractivity contribution in [3.63, 3.8) is 0 Å². The molecule has 0 aliphatic heterocycles. The average Bonchev–Trinajstić information content (AvgIpc) is 2.86. The highest BCUT2D eigenvalue weighted by atomic mass is 32.1. The number of hydrogen-bond acceptors (Lipinski definition) is 1. The Morgan fingerprint density at radius 2 is 1.68 bits per heavy atom. The maximum absolute atomic E-state index is 3.20. The van der Waals surface area contributed by atoms with Gasteiger partial charge in [0.1, 0.15) is 0 Å². The average molecular weight is 259 g/mol. The van der Waals surface area contributed by atoms with Crippen LogP contribution >= 0.6 is 11.3 Å². The first-order valence-corrected chi connectivity index (χ1v) is 7.12. The Labute approximate surface area is 115 Å². The molecule has 0 atom stereocenters. The maximum atomic E-state index is 3.20. The van der Waals surface area contributed by atoms with E-state index < -0.39 is 0 Å². The molecule has 4 aromatic rings. The Morgan fingerprint density at radius 1 is 0.789 bits per heavy atom. The van der Waals surface area contributed by atoms with Crippen LogP contribution in [0.25, 0.3) is 31.3 Å². The zero-order chi connectivity index (χ0) is 12.7. The van der Waals surface area contributed by atoms with E-state index in [-0.39, 0.29) is 0 Å². The summed E-state index contributed by atoms with van der Waals surface area (Å²) in [6.45, 7) is 0. The van der Waals surface area contributed by atoms with Crippen molar-refractivity contribution in [1.29, 1.82) is 0 Å². The van der Waals surface area contributed by atoms with Crippen LogP contribution in [-0.2, 0) is 0 Å². The molecule has 0 fully saturated rings. The van der Waals surface area contributed by atoms with Gasteiger partial charge in [0.2, 0.25) is 0 Å². The molecule has 0 bridgehead atoms. The number of fused-ring (bicyclic) bond motifs is 3. The lowest BCUT2D eigenvalue weighted by atomic mass is 10.00. The van der Waals surface area contributed by atoms with Crippen molar-refractivity contribution in [2.45, 2.75) is 0 Å². The highest BCUT2D eigenvalue weighted by Gasteiger charge is 2.09. The summed E-state index contributed by atoms with van der Waals surface area (Å²) in [5.41, 5.74) is 2.58. The molecule has 0 saturated carbocycles. The molecule has 1 radical (unpaired) electrons. The van der Waals surface area contributed by atoms with E-state index in [1.807, 2.05) is 17.4 Å². The van der Waals surface area contributed by atoms with Crippen LogP contribution in [0.1, 0.15) is 0 Å². The Bertz CT molecular complexity index is 857. The van der Waals surface area contributed by atoms with Crippen molar-refractivity contribution in [2.75, 3.05) is 0 Å². The number of benzene rings is 3. The predicted molar refractivity (Wildman–Crippen MR) is 83.6 cm³/mol. The highest BCUT2D eigenvalue weighted by Crippen LogP contribution is 2.39. The van der Waals surface area contributed by atoms with Gasteiger partial charge in [0.15, 0.2) is 0 Å². The molecule has 19 heavy (non-hydrogen) atoms. The zero-order valence-corrected chi connectivity index (χ0v) is 11.1. The van der Waals surface area contributed by atoms with Gasteiger partial charge in [-0.15, -0.1) is 11.3 Å². The van der Waals surface area contributed by atoms with Crippen molar-refractivity contribution >= 4 is 31.5 Å². The summed E-state index contributed by atoms with van der Waals surface area (Å²) >= 11 is 1.85. The minimum Gasteiger partial charge on any atom is -0.135 e. The molecular formula is C18H11S. The van der Waals surface area contributed by atoms with E-state index in [1.54, 1.807) is 0 Å². The molecule has 0 saturated heterocycles. The van der Waals surface area contributed by atoms with Crippen molar-refractivity contribution in [3.8, 4) is 11.1 Å². The topological polar surface area (TPSA) is 0 Å². The second-order valence-electron chi connectivity index (χ2n) is 4.57. The minimum absolute atomic E-state index is 1.27. The van der Waals surface area contributed by atoms with Crippen LogP contribution in [0.3, 0.4) is 0 Å². The first-order chi connectivity index (χ1) is 9.43. The van der Waals surface area contributed by atoms with Crippen LogP contribution in [0.15, 0.2) is 66.7 Å². The lowest BCUT2D eigenvalue weighted by Gasteiger charge is -2.04. The molecule has 0 N–H and O–H groups in total. The van der Waals surface area contributed by atoms with Crippen LogP contribution < -0.4 is 0 Å². The number of rotatable bonds is 1. The van der Waals surface area contributed by atoms with E-state index in [0.717, 1.165) is 0 Å². The van der Waals surface area contributed by atoms with E-state index in [2.05, 4.69) is 66.7 Å². The summed E-state index contributed by atoms with van der Waals surface area (Å²) in [6.07, 6.45) is 0. The SMILES string of the molecule is [c]1ccc2sc3cccc(-c4ccccc4)c3c2c1. The number of hydrogen-bond donors (Lipinski definition) is 0. The van der Waals surface area contributed by atoms with E-state index in [4.69, 9.17) is 0 Å². The van der Waals surface area contributed by atoms with Crippen molar-refractivity contribution in [3.05, 3.63) is 72.8 Å². The Kier molecular flexibility index (Phi) is 2.39. The molecule has 0 spiro atoms. The Hall–Kier alpha value is -2.12. The van der Waals surface area contributed by atoms with Crippen molar-refractivity contribution in [2.24, 2.45) is 0 Å². The molecule has 0 aliphatic rings. The highest BCUT2D eigenvalue weighted by molar-refractivity contribution is 7.25. The fraction of sp³-hybridized carbons (Fsp3) is 0. The molecule has 1 heteroatoms. The van der Waals surface area contributed by atoms with Gasteiger partial charge in [0, 0.05) is 20.2 Å². The maximum Gasteiger partial charge on any atom is 0.0361 e. The lowest BCUT2D eigenvalue weighted by Crippen LogP contribution is -1.78. The first-order valence-electron chi connectivity index (χ1n) is 6.30. The molecule has 1 aromatic heterocycles. The van der Waals surface area contributed by atoms with E-state index in [1.165, 1.54) is 31.3 Å². The second kappa shape index (κ2) is 4.22. The monoisotopic (exact) mass is 259 g/mol. The molecule has 0 aliphatic carbocycles. The van der Waals surface area contributed by atoms with Gasteiger partial charge >= 0.3 is 0 Å². The zero-order valence-electron chi connectivity index (χ0n) is 10.3. The third-order valence-corrected chi connectivity index (χ3v) is 4.56. The van der Waals surface area contributed by atoms with Gasteiger partial charge in [-0.05, 0) is 35.4 Å². The van der Waals surface area contributed by atoms with E-state index in [9.17, 15) is 0 Å².